The highest BCUT2D eigenvalue weighted by atomic mass is 32.1. The highest BCUT2D eigenvalue weighted by Gasteiger charge is 2.17. The summed E-state index contributed by atoms with van der Waals surface area (Å²) in [4.78, 5) is 14.5. The summed E-state index contributed by atoms with van der Waals surface area (Å²) in [7, 11) is 0. The number of aromatic hydroxyl groups is 1. The van der Waals surface area contributed by atoms with Gasteiger partial charge < -0.3 is 10.4 Å². The van der Waals surface area contributed by atoms with Crippen LogP contribution in [0.2, 0.25) is 0 Å². The number of phenolic OH excluding ortho intramolecular Hbond substituents is 1. The number of fused-ring (bicyclic) bond motifs is 1. The fraction of sp³-hybridized carbons (Fsp3) is 0.312. The first-order valence-corrected chi connectivity index (χ1v) is 7.67. The number of anilines is 1. The van der Waals surface area contributed by atoms with Gasteiger partial charge in [0.2, 0.25) is 0 Å². The van der Waals surface area contributed by atoms with Gasteiger partial charge in [-0.3, -0.25) is 4.79 Å². The van der Waals surface area contributed by atoms with Crippen LogP contribution >= 0.6 is 11.3 Å². The zero-order chi connectivity index (χ0) is 14.1. The SMILES string of the molecule is Cc1cc(O)ccc1NC(=O)c1cc2c(s1)CCCC2. The Bertz CT molecular complexity index is 637. The summed E-state index contributed by atoms with van der Waals surface area (Å²) >= 11 is 1.61. The molecule has 0 radical (unpaired) electrons. The van der Waals surface area contributed by atoms with Crippen LogP contribution in [0.15, 0.2) is 24.3 Å². The van der Waals surface area contributed by atoms with Gasteiger partial charge in [0.25, 0.3) is 5.91 Å². The summed E-state index contributed by atoms with van der Waals surface area (Å²) in [6.45, 7) is 1.87. The number of hydrogen-bond donors (Lipinski definition) is 2. The Morgan fingerprint density at radius 3 is 2.80 bits per heavy atom. The van der Waals surface area contributed by atoms with Crippen molar-refractivity contribution in [1.29, 1.82) is 0 Å². The van der Waals surface area contributed by atoms with Crippen LogP contribution in [-0.4, -0.2) is 11.0 Å². The average molecular weight is 287 g/mol. The molecule has 2 N–H and O–H groups in total. The van der Waals surface area contributed by atoms with Crippen LogP contribution in [0, 0.1) is 6.92 Å². The Balaban J connectivity index is 1.80. The first kappa shape index (κ1) is 13.2. The lowest BCUT2D eigenvalue weighted by molar-refractivity contribution is 0.103. The van der Waals surface area contributed by atoms with Gasteiger partial charge in [0, 0.05) is 10.6 Å². The maximum atomic E-state index is 12.3. The van der Waals surface area contributed by atoms with E-state index in [-0.39, 0.29) is 11.7 Å². The molecule has 0 bridgehead atoms. The average Bonchev–Trinajstić information content (AvgIpc) is 2.86. The number of benzene rings is 1. The van der Waals surface area contributed by atoms with Gasteiger partial charge in [0.1, 0.15) is 5.75 Å². The van der Waals surface area contributed by atoms with Crippen LogP contribution in [0.4, 0.5) is 5.69 Å². The minimum absolute atomic E-state index is 0.0572. The molecule has 2 aromatic rings. The molecular formula is C16H17NO2S. The second kappa shape index (κ2) is 5.29. The zero-order valence-corrected chi connectivity index (χ0v) is 12.2. The van der Waals surface area contributed by atoms with Crippen molar-refractivity contribution < 1.29 is 9.90 Å². The Labute approximate surface area is 122 Å². The van der Waals surface area contributed by atoms with Gasteiger partial charge in [-0.25, -0.2) is 0 Å². The second-order valence-electron chi connectivity index (χ2n) is 5.22. The number of carbonyl (C=O) groups excluding carboxylic acids is 1. The molecule has 0 saturated carbocycles. The van der Waals surface area contributed by atoms with Crippen LogP contribution in [0.1, 0.15) is 38.5 Å². The number of hydrogen-bond acceptors (Lipinski definition) is 3. The molecule has 20 heavy (non-hydrogen) atoms. The minimum Gasteiger partial charge on any atom is -0.508 e. The van der Waals surface area contributed by atoms with Crippen molar-refractivity contribution >= 4 is 22.9 Å². The Kier molecular flexibility index (Phi) is 3.49. The second-order valence-corrected chi connectivity index (χ2v) is 6.36. The van der Waals surface area contributed by atoms with E-state index < -0.39 is 0 Å². The molecule has 0 atom stereocenters. The van der Waals surface area contributed by atoms with Crippen LogP contribution < -0.4 is 5.32 Å². The zero-order valence-electron chi connectivity index (χ0n) is 11.4. The maximum Gasteiger partial charge on any atom is 0.265 e. The van der Waals surface area contributed by atoms with Gasteiger partial charge in [0.15, 0.2) is 0 Å². The third kappa shape index (κ3) is 2.56. The monoisotopic (exact) mass is 287 g/mol. The van der Waals surface area contributed by atoms with E-state index >= 15 is 0 Å². The summed E-state index contributed by atoms with van der Waals surface area (Å²) < 4.78 is 0. The minimum atomic E-state index is -0.0572. The Morgan fingerprint density at radius 1 is 1.25 bits per heavy atom. The number of thiophene rings is 1. The lowest BCUT2D eigenvalue weighted by atomic mass is 9.99. The first-order valence-electron chi connectivity index (χ1n) is 6.86. The molecule has 0 fully saturated rings. The quantitative estimate of drug-likeness (QED) is 0.823. The van der Waals surface area contributed by atoms with Crippen LogP contribution in [-0.2, 0) is 12.8 Å². The largest absolute Gasteiger partial charge is 0.508 e. The molecule has 3 nitrogen and oxygen atoms in total. The third-order valence-corrected chi connectivity index (χ3v) is 4.91. The van der Waals surface area contributed by atoms with Crippen LogP contribution in [0.5, 0.6) is 5.75 Å². The van der Waals surface area contributed by atoms with Crippen molar-refractivity contribution in [3.05, 3.63) is 45.1 Å². The van der Waals surface area contributed by atoms with Gasteiger partial charge in [0.05, 0.1) is 4.88 Å². The van der Waals surface area contributed by atoms with Crippen molar-refractivity contribution in [2.24, 2.45) is 0 Å². The van der Waals surface area contributed by atoms with E-state index in [9.17, 15) is 9.90 Å². The molecule has 0 aliphatic heterocycles. The molecule has 104 valence electrons. The van der Waals surface area contributed by atoms with Crippen molar-refractivity contribution in [2.45, 2.75) is 32.6 Å². The van der Waals surface area contributed by atoms with Gasteiger partial charge in [-0.15, -0.1) is 11.3 Å². The summed E-state index contributed by atoms with van der Waals surface area (Å²) in [5.74, 6) is 0.158. The van der Waals surface area contributed by atoms with E-state index in [1.54, 1.807) is 29.5 Å². The lowest BCUT2D eigenvalue weighted by Crippen LogP contribution is -2.11. The Hall–Kier alpha value is -1.81. The van der Waals surface area contributed by atoms with Crippen LogP contribution in [0.3, 0.4) is 0 Å². The number of amides is 1. The van der Waals surface area contributed by atoms with E-state index in [2.05, 4.69) is 5.32 Å². The van der Waals surface area contributed by atoms with Gasteiger partial charge in [-0.1, -0.05) is 0 Å². The molecule has 0 saturated heterocycles. The molecule has 1 heterocycles. The molecule has 1 aliphatic rings. The summed E-state index contributed by atoms with van der Waals surface area (Å²) in [6.07, 6.45) is 4.65. The normalized spacial score (nSPS) is 13.8. The molecule has 0 spiro atoms. The molecule has 1 aliphatic carbocycles. The number of carbonyl (C=O) groups is 1. The van der Waals surface area contributed by atoms with Gasteiger partial charge in [-0.2, -0.15) is 0 Å². The van der Waals surface area contributed by atoms with Gasteiger partial charge in [-0.05, 0) is 68.0 Å². The lowest BCUT2D eigenvalue weighted by Gasteiger charge is -2.08. The molecule has 1 amide bonds. The molecule has 3 rings (SSSR count). The van der Waals surface area contributed by atoms with Crippen molar-refractivity contribution in [2.75, 3.05) is 5.32 Å². The van der Waals surface area contributed by atoms with Crippen molar-refractivity contribution in [3.63, 3.8) is 0 Å². The van der Waals surface area contributed by atoms with E-state index in [0.29, 0.717) is 0 Å². The number of nitrogens with one attached hydrogen (secondary N) is 1. The van der Waals surface area contributed by atoms with Crippen LogP contribution in [0.25, 0.3) is 0 Å². The highest BCUT2D eigenvalue weighted by molar-refractivity contribution is 7.14. The molecule has 0 unspecified atom stereocenters. The third-order valence-electron chi connectivity index (χ3n) is 3.68. The fourth-order valence-corrected chi connectivity index (χ4v) is 3.72. The molecular weight excluding hydrogens is 270 g/mol. The van der Waals surface area contributed by atoms with Gasteiger partial charge >= 0.3 is 0 Å². The summed E-state index contributed by atoms with van der Waals surface area (Å²) in [6, 6.07) is 7.00. The highest BCUT2D eigenvalue weighted by Crippen LogP contribution is 2.30. The maximum absolute atomic E-state index is 12.3. The van der Waals surface area contributed by atoms with Crippen molar-refractivity contribution in [3.8, 4) is 5.75 Å². The Morgan fingerprint density at radius 2 is 2.05 bits per heavy atom. The first-order chi connectivity index (χ1) is 9.63. The summed E-state index contributed by atoms with van der Waals surface area (Å²) in [5.41, 5.74) is 2.95. The predicted molar refractivity (Wildman–Crippen MR) is 81.8 cm³/mol. The molecule has 1 aromatic heterocycles. The standard InChI is InChI=1S/C16H17NO2S/c1-10-8-12(18)6-7-13(10)17-16(19)15-9-11-4-2-3-5-14(11)20-15/h6-9,18H,2-5H2,1H3,(H,17,19). The van der Waals surface area contributed by atoms with E-state index in [4.69, 9.17) is 0 Å². The topological polar surface area (TPSA) is 49.3 Å². The fourth-order valence-electron chi connectivity index (χ4n) is 2.57. The molecule has 1 aromatic carbocycles. The van der Waals surface area contributed by atoms with E-state index in [0.717, 1.165) is 29.0 Å². The molecule has 4 heteroatoms. The smallest absolute Gasteiger partial charge is 0.265 e. The number of aryl methyl sites for hydroxylation is 3. The van der Waals surface area contributed by atoms with E-state index in [1.807, 2.05) is 13.0 Å². The summed E-state index contributed by atoms with van der Waals surface area (Å²) in [5, 5.41) is 12.3. The number of phenols is 1. The van der Waals surface area contributed by atoms with E-state index in [1.165, 1.54) is 23.3 Å². The number of rotatable bonds is 2. The predicted octanol–water partition coefficient (Wildman–Crippen LogP) is 3.89. The van der Waals surface area contributed by atoms with Crippen molar-refractivity contribution in [1.82, 2.24) is 0 Å².